The van der Waals surface area contributed by atoms with Gasteiger partial charge in [-0.05, 0) is 19.1 Å². The lowest BCUT2D eigenvalue weighted by atomic mass is 10.4. The number of hydrogen-bond acceptors (Lipinski definition) is 5. The molecule has 0 spiro atoms. The molecule has 1 heterocycles. The van der Waals surface area contributed by atoms with Gasteiger partial charge in [0.1, 0.15) is 0 Å². The normalized spacial score (nSPS) is 11.1. The Kier molecular flexibility index (Phi) is 3.32. The van der Waals surface area contributed by atoms with Gasteiger partial charge in [0, 0.05) is 6.54 Å². The fourth-order valence-electron chi connectivity index (χ4n) is 0.844. The van der Waals surface area contributed by atoms with Crippen LogP contribution in [0.1, 0.15) is 17.4 Å². The largest absolute Gasteiger partial charge is 0.351 e. The van der Waals surface area contributed by atoms with Crippen LogP contribution in [0.4, 0.5) is 0 Å². The van der Waals surface area contributed by atoms with E-state index in [0.29, 0.717) is 6.54 Å². The molecule has 0 radical (unpaired) electrons. The van der Waals surface area contributed by atoms with Crippen molar-refractivity contribution in [3.8, 4) is 0 Å². The summed E-state index contributed by atoms with van der Waals surface area (Å²) < 4.78 is 21.6. The molecule has 82 valence electrons. The predicted molar refractivity (Wildman–Crippen MR) is 51.4 cm³/mol. The molecule has 0 unspecified atom stereocenters. The van der Waals surface area contributed by atoms with Crippen LogP contribution in [-0.4, -0.2) is 31.1 Å². The second kappa shape index (κ2) is 4.32. The summed E-state index contributed by atoms with van der Waals surface area (Å²) >= 11 is 0. The minimum Gasteiger partial charge on any atom is -0.351 e. The Labute approximate surface area is 86.7 Å². The van der Waals surface area contributed by atoms with E-state index in [1.807, 2.05) is 0 Å². The maximum atomic E-state index is 11.2. The minimum atomic E-state index is -3.86. The molecule has 0 saturated heterocycles. The second-order valence-electron chi connectivity index (χ2n) is 2.66. The van der Waals surface area contributed by atoms with E-state index in [9.17, 15) is 13.2 Å². The molecule has 7 nitrogen and oxygen atoms in total. The number of primary sulfonamides is 1. The SMILES string of the molecule is CCNC(=O)c1ccc(S(N)(=O)=O)nn1. The maximum Gasteiger partial charge on any atom is 0.271 e. The molecule has 8 heteroatoms. The van der Waals surface area contributed by atoms with E-state index in [-0.39, 0.29) is 10.7 Å². The van der Waals surface area contributed by atoms with Crippen molar-refractivity contribution < 1.29 is 13.2 Å². The monoisotopic (exact) mass is 230 g/mol. The van der Waals surface area contributed by atoms with Crippen LogP contribution in [0.2, 0.25) is 0 Å². The standard InChI is InChI=1S/C7H10N4O3S/c1-2-9-7(12)5-3-4-6(11-10-5)15(8,13)14/h3-4H,2H2,1H3,(H,9,12)(H2,8,13,14). The van der Waals surface area contributed by atoms with Crippen LogP contribution in [0, 0.1) is 0 Å². The van der Waals surface area contributed by atoms with Crippen LogP contribution in [0.25, 0.3) is 0 Å². The quantitative estimate of drug-likeness (QED) is 0.682. The Bertz CT molecular complexity index is 454. The van der Waals surface area contributed by atoms with Crippen LogP contribution < -0.4 is 10.5 Å². The molecule has 0 aliphatic carbocycles. The van der Waals surface area contributed by atoms with Gasteiger partial charge in [-0.1, -0.05) is 0 Å². The highest BCUT2D eigenvalue weighted by molar-refractivity contribution is 7.89. The Balaban J connectivity index is 2.96. The van der Waals surface area contributed by atoms with E-state index in [1.54, 1.807) is 6.92 Å². The van der Waals surface area contributed by atoms with Gasteiger partial charge in [-0.2, -0.15) is 0 Å². The van der Waals surface area contributed by atoms with Crippen LogP contribution >= 0.6 is 0 Å². The Morgan fingerprint density at radius 2 is 2.13 bits per heavy atom. The van der Waals surface area contributed by atoms with E-state index in [2.05, 4.69) is 15.5 Å². The number of carbonyl (C=O) groups is 1. The fourth-order valence-corrected chi connectivity index (χ4v) is 1.26. The summed E-state index contributed by atoms with van der Waals surface area (Å²) in [5.41, 5.74) is 0.0456. The van der Waals surface area contributed by atoms with E-state index >= 15 is 0 Å². The Morgan fingerprint density at radius 3 is 2.53 bits per heavy atom. The van der Waals surface area contributed by atoms with Gasteiger partial charge in [-0.15, -0.1) is 10.2 Å². The summed E-state index contributed by atoms with van der Waals surface area (Å²) in [6.07, 6.45) is 0. The zero-order valence-electron chi connectivity index (χ0n) is 7.97. The molecule has 0 fully saturated rings. The summed E-state index contributed by atoms with van der Waals surface area (Å²) in [6, 6.07) is 2.38. The van der Waals surface area contributed by atoms with Crippen molar-refractivity contribution in [2.75, 3.05) is 6.54 Å². The van der Waals surface area contributed by atoms with Crippen molar-refractivity contribution in [2.45, 2.75) is 11.9 Å². The van der Waals surface area contributed by atoms with Crippen LogP contribution in [0.5, 0.6) is 0 Å². The summed E-state index contributed by atoms with van der Waals surface area (Å²) in [4.78, 5) is 11.2. The minimum absolute atomic E-state index is 0.0456. The first-order valence-electron chi connectivity index (χ1n) is 4.10. The van der Waals surface area contributed by atoms with Gasteiger partial charge >= 0.3 is 0 Å². The molecule has 1 aromatic rings. The number of rotatable bonds is 3. The number of nitrogens with one attached hydrogen (secondary N) is 1. The molecule has 3 N–H and O–H groups in total. The smallest absolute Gasteiger partial charge is 0.271 e. The molecule has 0 aliphatic heterocycles. The van der Waals surface area contributed by atoms with Crippen molar-refractivity contribution in [3.05, 3.63) is 17.8 Å². The number of aromatic nitrogens is 2. The van der Waals surface area contributed by atoms with Crippen molar-refractivity contribution in [3.63, 3.8) is 0 Å². The number of nitrogens with zero attached hydrogens (tertiary/aromatic N) is 2. The first-order chi connectivity index (χ1) is 6.95. The fraction of sp³-hybridized carbons (Fsp3) is 0.286. The highest BCUT2D eigenvalue weighted by atomic mass is 32.2. The average molecular weight is 230 g/mol. The maximum absolute atomic E-state index is 11.2. The molecule has 0 atom stereocenters. The summed E-state index contributed by atoms with van der Waals surface area (Å²) in [5, 5.41) is 13.7. The predicted octanol–water partition coefficient (Wildman–Crippen LogP) is -1.13. The highest BCUT2D eigenvalue weighted by Gasteiger charge is 2.12. The van der Waals surface area contributed by atoms with Gasteiger partial charge in [0.05, 0.1) is 0 Å². The van der Waals surface area contributed by atoms with Crippen molar-refractivity contribution in [1.82, 2.24) is 15.5 Å². The van der Waals surface area contributed by atoms with E-state index < -0.39 is 15.9 Å². The Hall–Kier alpha value is -1.54. The van der Waals surface area contributed by atoms with Gasteiger partial charge in [-0.3, -0.25) is 4.79 Å². The van der Waals surface area contributed by atoms with Crippen LogP contribution in [0.3, 0.4) is 0 Å². The lowest BCUT2D eigenvalue weighted by molar-refractivity contribution is 0.0949. The second-order valence-corrected chi connectivity index (χ2v) is 4.17. The third-order valence-corrected chi connectivity index (χ3v) is 2.30. The highest BCUT2D eigenvalue weighted by Crippen LogP contribution is 2.01. The van der Waals surface area contributed by atoms with Gasteiger partial charge < -0.3 is 5.32 Å². The molecule has 0 saturated carbocycles. The zero-order chi connectivity index (χ0) is 11.5. The number of carbonyl (C=O) groups excluding carboxylic acids is 1. The first-order valence-corrected chi connectivity index (χ1v) is 5.64. The van der Waals surface area contributed by atoms with E-state index in [1.165, 1.54) is 6.07 Å². The Morgan fingerprint density at radius 1 is 1.47 bits per heavy atom. The van der Waals surface area contributed by atoms with Crippen LogP contribution in [-0.2, 0) is 10.0 Å². The zero-order valence-corrected chi connectivity index (χ0v) is 8.78. The van der Waals surface area contributed by atoms with Gasteiger partial charge in [0.2, 0.25) is 0 Å². The van der Waals surface area contributed by atoms with Gasteiger partial charge in [-0.25, -0.2) is 13.6 Å². The molecule has 0 aliphatic rings. The van der Waals surface area contributed by atoms with E-state index in [0.717, 1.165) is 6.07 Å². The molecule has 0 bridgehead atoms. The number of sulfonamides is 1. The molecule has 0 aromatic carbocycles. The van der Waals surface area contributed by atoms with Crippen molar-refractivity contribution in [2.24, 2.45) is 5.14 Å². The number of hydrogen-bond donors (Lipinski definition) is 2. The van der Waals surface area contributed by atoms with E-state index in [4.69, 9.17) is 5.14 Å². The van der Waals surface area contributed by atoms with Crippen molar-refractivity contribution >= 4 is 15.9 Å². The van der Waals surface area contributed by atoms with Crippen LogP contribution in [0.15, 0.2) is 17.2 Å². The molecule has 1 rings (SSSR count). The number of amides is 1. The third-order valence-electron chi connectivity index (χ3n) is 1.50. The number of nitrogens with two attached hydrogens (primary N) is 1. The molecule has 1 amide bonds. The van der Waals surface area contributed by atoms with Crippen molar-refractivity contribution in [1.29, 1.82) is 0 Å². The topological polar surface area (TPSA) is 115 Å². The first kappa shape index (κ1) is 11.5. The van der Waals surface area contributed by atoms with Gasteiger partial charge in [0.25, 0.3) is 15.9 Å². The summed E-state index contributed by atoms with van der Waals surface area (Å²) in [5.74, 6) is -0.411. The van der Waals surface area contributed by atoms with Gasteiger partial charge in [0.15, 0.2) is 10.7 Å². The lowest BCUT2D eigenvalue weighted by Gasteiger charge is -2.00. The molecule has 15 heavy (non-hydrogen) atoms. The summed E-state index contributed by atoms with van der Waals surface area (Å²) in [7, 11) is -3.86. The molecular weight excluding hydrogens is 220 g/mol. The molecule has 1 aromatic heterocycles. The molecular formula is C7H10N4O3S. The summed E-state index contributed by atoms with van der Waals surface area (Å²) in [6.45, 7) is 2.21. The third kappa shape index (κ3) is 2.96. The average Bonchev–Trinajstić information content (AvgIpc) is 2.17. The lowest BCUT2D eigenvalue weighted by Crippen LogP contribution is -2.24.